The van der Waals surface area contributed by atoms with Gasteiger partial charge in [-0.25, -0.2) is 9.97 Å². The van der Waals surface area contributed by atoms with E-state index in [-0.39, 0.29) is 19.0 Å². The van der Waals surface area contributed by atoms with Gasteiger partial charge < -0.3 is 15.2 Å². The van der Waals surface area contributed by atoms with Gasteiger partial charge in [0.15, 0.2) is 5.82 Å². The van der Waals surface area contributed by atoms with Gasteiger partial charge in [0.05, 0.1) is 18.1 Å². The average molecular weight is 374 g/mol. The fourth-order valence-corrected chi connectivity index (χ4v) is 2.37. The average Bonchev–Trinajstić information content (AvgIpc) is 2.62. The highest BCUT2D eigenvalue weighted by molar-refractivity contribution is 6.01. The Morgan fingerprint density at radius 2 is 1.67 bits per heavy atom. The second-order valence-electron chi connectivity index (χ2n) is 5.23. The summed E-state index contributed by atoms with van der Waals surface area (Å²) >= 11 is 0. The highest BCUT2D eigenvalue weighted by Gasteiger charge is 2.40. The molecular weight excluding hydrogens is 356 g/mol. The molecule has 2 rings (SSSR count). The van der Waals surface area contributed by atoms with Crippen LogP contribution in [-0.2, 0) is 19.1 Å². The second kappa shape index (κ2) is 8.70. The Morgan fingerprint density at radius 1 is 1.11 bits per heavy atom. The quantitative estimate of drug-likeness (QED) is 0.331. The largest absolute Gasteiger partial charge is 0.465 e. The summed E-state index contributed by atoms with van der Waals surface area (Å²) in [4.78, 5) is 43.4. The van der Waals surface area contributed by atoms with Gasteiger partial charge in [-0.1, -0.05) is 30.3 Å². The Balaban J connectivity index is 2.71. The first-order valence-corrected chi connectivity index (χ1v) is 8.11. The van der Waals surface area contributed by atoms with Crippen LogP contribution in [-0.4, -0.2) is 40.0 Å². The number of hydrogen-bond donors (Lipinski definition) is 1. The molecular formula is C17H18N4O6. The van der Waals surface area contributed by atoms with Gasteiger partial charge in [-0.3, -0.25) is 19.7 Å². The van der Waals surface area contributed by atoms with E-state index in [9.17, 15) is 19.7 Å². The molecule has 0 radical (unpaired) electrons. The number of ether oxygens (including phenoxy) is 2. The van der Waals surface area contributed by atoms with E-state index in [0.29, 0.717) is 5.56 Å². The molecule has 2 aromatic rings. The molecule has 0 fully saturated rings. The summed E-state index contributed by atoms with van der Waals surface area (Å²) < 4.78 is 9.77. The van der Waals surface area contributed by atoms with E-state index in [1.54, 1.807) is 30.3 Å². The number of carbonyl (C=O) groups excluding carboxylic acids is 2. The molecule has 142 valence electrons. The number of nitro groups is 1. The van der Waals surface area contributed by atoms with Crippen LogP contribution in [0.2, 0.25) is 0 Å². The first-order chi connectivity index (χ1) is 12.9. The highest BCUT2D eigenvalue weighted by Crippen LogP contribution is 2.33. The van der Waals surface area contributed by atoms with Gasteiger partial charge in [-0.2, -0.15) is 0 Å². The number of carbonyl (C=O) groups is 2. The first kappa shape index (κ1) is 19.8. The van der Waals surface area contributed by atoms with Crippen LogP contribution in [0.4, 0.5) is 11.5 Å². The van der Waals surface area contributed by atoms with Gasteiger partial charge in [-0.05, 0) is 13.8 Å². The van der Waals surface area contributed by atoms with Gasteiger partial charge in [0.25, 0.3) is 0 Å². The molecule has 1 aromatic heterocycles. The number of nitrogens with zero attached hydrogens (tertiary/aromatic N) is 3. The predicted molar refractivity (Wildman–Crippen MR) is 94.5 cm³/mol. The maximum absolute atomic E-state index is 12.3. The Labute approximate surface area is 154 Å². The van der Waals surface area contributed by atoms with Gasteiger partial charge in [-0.15, -0.1) is 0 Å². The van der Waals surface area contributed by atoms with E-state index in [4.69, 9.17) is 15.2 Å². The zero-order valence-corrected chi connectivity index (χ0v) is 14.7. The fourth-order valence-electron chi connectivity index (χ4n) is 2.37. The van der Waals surface area contributed by atoms with E-state index in [1.165, 1.54) is 13.8 Å². The number of nitrogen functional groups attached to an aromatic ring is 1. The second-order valence-corrected chi connectivity index (χ2v) is 5.23. The molecule has 10 heteroatoms. The lowest BCUT2D eigenvalue weighted by atomic mass is 10.0. The van der Waals surface area contributed by atoms with Crippen molar-refractivity contribution in [2.45, 2.75) is 19.8 Å². The van der Waals surface area contributed by atoms with Crippen molar-refractivity contribution in [3.8, 4) is 11.4 Å². The molecule has 0 amide bonds. The molecule has 1 aromatic carbocycles. The molecule has 2 N–H and O–H groups in total. The topological polar surface area (TPSA) is 148 Å². The van der Waals surface area contributed by atoms with Crippen LogP contribution in [0.1, 0.15) is 25.5 Å². The number of anilines is 1. The van der Waals surface area contributed by atoms with Crippen molar-refractivity contribution in [3.63, 3.8) is 0 Å². The lowest BCUT2D eigenvalue weighted by Gasteiger charge is -2.15. The number of nitrogens with two attached hydrogens (primary N) is 1. The van der Waals surface area contributed by atoms with E-state index in [0.717, 1.165) is 0 Å². The van der Waals surface area contributed by atoms with Gasteiger partial charge in [0.2, 0.25) is 11.7 Å². The molecule has 1 heterocycles. The van der Waals surface area contributed by atoms with Crippen LogP contribution in [0.5, 0.6) is 0 Å². The van der Waals surface area contributed by atoms with Crippen molar-refractivity contribution < 1.29 is 24.0 Å². The van der Waals surface area contributed by atoms with Crippen LogP contribution in [0.15, 0.2) is 30.3 Å². The number of hydrogen-bond acceptors (Lipinski definition) is 9. The number of rotatable bonds is 7. The van der Waals surface area contributed by atoms with Crippen molar-refractivity contribution in [3.05, 3.63) is 46.1 Å². The summed E-state index contributed by atoms with van der Waals surface area (Å²) in [6.07, 6.45) is 0. The Morgan fingerprint density at radius 3 is 2.15 bits per heavy atom. The predicted octanol–water partition coefficient (Wildman–Crippen LogP) is 1.84. The van der Waals surface area contributed by atoms with Crippen LogP contribution < -0.4 is 5.73 Å². The molecule has 0 aliphatic rings. The van der Waals surface area contributed by atoms with Crippen LogP contribution >= 0.6 is 0 Å². The number of benzene rings is 1. The summed E-state index contributed by atoms with van der Waals surface area (Å²) in [7, 11) is 0. The first-order valence-electron chi connectivity index (χ1n) is 8.11. The van der Waals surface area contributed by atoms with Crippen molar-refractivity contribution in [2.24, 2.45) is 0 Å². The standard InChI is InChI=1S/C17H18N4O6/c1-3-26-16(22)11(17(23)27-4-2)12-13(21(24)25)14(18)20-15(19-12)10-8-6-5-7-9-10/h5-9,11H,3-4H2,1-2H3,(H2,18,19,20). The normalized spacial score (nSPS) is 10.5. The molecule has 0 unspecified atom stereocenters. The Kier molecular flexibility index (Phi) is 6.36. The molecule has 10 nitrogen and oxygen atoms in total. The Hall–Kier alpha value is -3.56. The summed E-state index contributed by atoms with van der Waals surface area (Å²) in [6.45, 7) is 3.01. The zero-order valence-electron chi connectivity index (χ0n) is 14.7. The van der Waals surface area contributed by atoms with E-state index in [1.807, 2.05) is 0 Å². The minimum absolute atomic E-state index is 0.0331. The van der Waals surface area contributed by atoms with Crippen LogP contribution in [0.25, 0.3) is 11.4 Å². The van der Waals surface area contributed by atoms with E-state index in [2.05, 4.69) is 9.97 Å². The molecule has 0 spiro atoms. The molecule has 0 saturated carbocycles. The third-order valence-electron chi connectivity index (χ3n) is 3.47. The Bertz CT molecular complexity index is 838. The molecule has 0 atom stereocenters. The monoisotopic (exact) mass is 374 g/mol. The van der Waals surface area contributed by atoms with Crippen LogP contribution in [0, 0.1) is 10.1 Å². The summed E-state index contributed by atoms with van der Waals surface area (Å²) in [6, 6.07) is 8.51. The fraction of sp³-hybridized carbons (Fsp3) is 0.294. The lowest BCUT2D eigenvalue weighted by Crippen LogP contribution is -2.28. The van der Waals surface area contributed by atoms with Crippen molar-refractivity contribution >= 4 is 23.4 Å². The number of esters is 2. The number of aromatic nitrogens is 2. The van der Waals surface area contributed by atoms with Crippen molar-refractivity contribution in [1.29, 1.82) is 0 Å². The molecule has 0 bridgehead atoms. The smallest absolute Gasteiger partial charge is 0.333 e. The molecule has 27 heavy (non-hydrogen) atoms. The van der Waals surface area contributed by atoms with E-state index < -0.39 is 40.0 Å². The molecule has 0 aliphatic carbocycles. The summed E-state index contributed by atoms with van der Waals surface area (Å²) in [5.74, 6) is -4.22. The zero-order chi connectivity index (χ0) is 20.0. The summed E-state index contributed by atoms with van der Waals surface area (Å²) in [5.41, 5.74) is 5.05. The molecule has 0 aliphatic heterocycles. The highest BCUT2D eigenvalue weighted by atomic mass is 16.6. The van der Waals surface area contributed by atoms with Gasteiger partial charge in [0.1, 0.15) is 5.69 Å². The van der Waals surface area contributed by atoms with Gasteiger partial charge >= 0.3 is 17.6 Å². The third-order valence-corrected chi connectivity index (χ3v) is 3.47. The lowest BCUT2D eigenvalue weighted by molar-refractivity contribution is -0.385. The van der Waals surface area contributed by atoms with Gasteiger partial charge in [0, 0.05) is 5.56 Å². The van der Waals surface area contributed by atoms with Crippen molar-refractivity contribution in [1.82, 2.24) is 9.97 Å². The molecule has 0 saturated heterocycles. The maximum atomic E-state index is 12.3. The van der Waals surface area contributed by atoms with Crippen molar-refractivity contribution in [2.75, 3.05) is 18.9 Å². The summed E-state index contributed by atoms with van der Waals surface area (Å²) in [5, 5.41) is 11.5. The maximum Gasteiger partial charge on any atom is 0.333 e. The van der Waals surface area contributed by atoms with E-state index >= 15 is 0 Å². The SMILES string of the molecule is CCOC(=O)C(C(=O)OCC)c1nc(-c2ccccc2)nc(N)c1[N+](=O)[O-]. The third kappa shape index (κ3) is 4.35. The minimum atomic E-state index is -1.75. The minimum Gasteiger partial charge on any atom is -0.465 e. The van der Waals surface area contributed by atoms with Crippen LogP contribution in [0.3, 0.4) is 0 Å².